The van der Waals surface area contributed by atoms with E-state index in [4.69, 9.17) is 0 Å². The molecule has 0 bridgehead atoms. The van der Waals surface area contributed by atoms with Crippen LogP contribution in [0.4, 0.5) is 0 Å². The van der Waals surface area contributed by atoms with Gasteiger partial charge >= 0.3 is 5.69 Å². The summed E-state index contributed by atoms with van der Waals surface area (Å²) >= 11 is 0. The lowest BCUT2D eigenvalue weighted by atomic mass is 10.1. The van der Waals surface area contributed by atoms with E-state index in [1.165, 1.54) is 37.7 Å². The molecule has 4 nitrogen and oxygen atoms in total. The molecule has 0 amide bonds. The molecule has 1 aromatic carbocycles. The number of aromatic nitrogens is 2. The zero-order valence-electron chi connectivity index (χ0n) is 12.5. The lowest BCUT2D eigenvalue weighted by Crippen LogP contribution is -2.19. The van der Waals surface area contributed by atoms with Crippen molar-refractivity contribution in [3.05, 3.63) is 34.2 Å². The maximum atomic E-state index is 11.2. The molecule has 4 heteroatoms. The van der Waals surface area contributed by atoms with E-state index in [1.807, 2.05) is 12.1 Å². The quantitative estimate of drug-likeness (QED) is 0.646. The summed E-state index contributed by atoms with van der Waals surface area (Å²) in [6, 6.07) is 6.38. The van der Waals surface area contributed by atoms with Gasteiger partial charge in [-0.05, 0) is 37.6 Å². The third kappa shape index (κ3) is 3.97. The third-order valence-electron chi connectivity index (χ3n) is 3.77. The van der Waals surface area contributed by atoms with Gasteiger partial charge in [0, 0.05) is 6.04 Å². The van der Waals surface area contributed by atoms with Crippen molar-refractivity contribution in [3.8, 4) is 0 Å². The number of fused-ring (bicyclic) bond motifs is 1. The first-order valence-electron chi connectivity index (χ1n) is 7.66. The summed E-state index contributed by atoms with van der Waals surface area (Å²) in [5.41, 5.74) is 2.81. The molecule has 2 rings (SSSR count). The van der Waals surface area contributed by atoms with Gasteiger partial charge in [0.25, 0.3) is 0 Å². The van der Waals surface area contributed by atoms with Crippen LogP contribution in [0.2, 0.25) is 0 Å². The number of aromatic amines is 2. The molecule has 0 radical (unpaired) electrons. The number of hydrogen-bond donors (Lipinski definition) is 3. The van der Waals surface area contributed by atoms with Gasteiger partial charge in [-0.1, -0.05) is 38.7 Å². The Kier molecular flexibility index (Phi) is 5.41. The molecule has 0 aliphatic carbocycles. The average Bonchev–Trinajstić information content (AvgIpc) is 2.81. The standard InChI is InChI=1S/C16H25N3O/c1-3-4-5-6-7-10-17-12(2)13-8-9-14-15(11-13)19-16(20)18-14/h8-9,11-12,17H,3-7,10H2,1-2H3,(H2,18,19,20). The fourth-order valence-electron chi connectivity index (χ4n) is 2.48. The predicted molar refractivity (Wildman–Crippen MR) is 84.1 cm³/mol. The van der Waals surface area contributed by atoms with Crippen LogP contribution in [-0.4, -0.2) is 16.5 Å². The minimum absolute atomic E-state index is 0.145. The van der Waals surface area contributed by atoms with Crippen LogP contribution in [0, 0.1) is 0 Å². The molecule has 1 unspecified atom stereocenters. The zero-order chi connectivity index (χ0) is 14.4. The molecule has 0 aliphatic heterocycles. The maximum absolute atomic E-state index is 11.2. The van der Waals surface area contributed by atoms with Crippen LogP contribution in [0.15, 0.2) is 23.0 Å². The van der Waals surface area contributed by atoms with E-state index in [9.17, 15) is 4.79 Å². The molecule has 1 heterocycles. The van der Waals surface area contributed by atoms with Crippen molar-refractivity contribution in [3.63, 3.8) is 0 Å². The molecule has 2 aromatic rings. The number of unbranched alkanes of at least 4 members (excludes halogenated alkanes) is 4. The largest absolute Gasteiger partial charge is 0.323 e. The van der Waals surface area contributed by atoms with E-state index in [0.717, 1.165) is 17.6 Å². The summed E-state index contributed by atoms with van der Waals surface area (Å²) in [6.45, 7) is 5.45. The van der Waals surface area contributed by atoms with Crippen LogP contribution in [0.5, 0.6) is 0 Å². The molecule has 1 atom stereocenters. The second-order valence-electron chi connectivity index (χ2n) is 5.47. The maximum Gasteiger partial charge on any atom is 0.323 e. The Morgan fingerprint density at radius 3 is 2.65 bits per heavy atom. The van der Waals surface area contributed by atoms with Crippen molar-refractivity contribution in [1.29, 1.82) is 0 Å². The minimum Gasteiger partial charge on any atom is -0.310 e. The zero-order valence-corrected chi connectivity index (χ0v) is 12.5. The van der Waals surface area contributed by atoms with E-state index in [1.54, 1.807) is 0 Å². The van der Waals surface area contributed by atoms with Crippen molar-refractivity contribution in [1.82, 2.24) is 15.3 Å². The Balaban J connectivity index is 1.84. The van der Waals surface area contributed by atoms with Crippen molar-refractivity contribution in [2.75, 3.05) is 6.54 Å². The van der Waals surface area contributed by atoms with Crippen molar-refractivity contribution < 1.29 is 0 Å². The van der Waals surface area contributed by atoms with Crippen LogP contribution in [0.3, 0.4) is 0 Å². The molecule has 110 valence electrons. The molecular weight excluding hydrogens is 250 g/mol. The van der Waals surface area contributed by atoms with Gasteiger partial charge in [0.2, 0.25) is 0 Å². The number of imidazole rings is 1. The first-order chi connectivity index (χ1) is 9.70. The van der Waals surface area contributed by atoms with Crippen LogP contribution in [0.25, 0.3) is 11.0 Å². The SMILES string of the molecule is CCCCCCCNC(C)c1ccc2[nH]c(=O)[nH]c2c1. The number of nitrogens with one attached hydrogen (secondary N) is 3. The lowest BCUT2D eigenvalue weighted by molar-refractivity contribution is 0.531. The van der Waals surface area contributed by atoms with Gasteiger partial charge in [0.05, 0.1) is 11.0 Å². The summed E-state index contributed by atoms with van der Waals surface area (Å²) in [5, 5.41) is 3.55. The lowest BCUT2D eigenvalue weighted by Gasteiger charge is -2.14. The average molecular weight is 275 g/mol. The van der Waals surface area contributed by atoms with Gasteiger partial charge in [-0.2, -0.15) is 0 Å². The highest BCUT2D eigenvalue weighted by atomic mass is 16.1. The molecule has 0 saturated carbocycles. The Morgan fingerprint density at radius 2 is 1.85 bits per heavy atom. The van der Waals surface area contributed by atoms with Crippen molar-refractivity contribution >= 4 is 11.0 Å². The van der Waals surface area contributed by atoms with Crippen LogP contribution in [-0.2, 0) is 0 Å². The topological polar surface area (TPSA) is 60.7 Å². The van der Waals surface area contributed by atoms with Gasteiger partial charge in [-0.15, -0.1) is 0 Å². The molecule has 0 spiro atoms. The van der Waals surface area contributed by atoms with Crippen molar-refractivity contribution in [2.45, 2.75) is 52.0 Å². The molecular formula is C16H25N3O. The van der Waals surface area contributed by atoms with Gasteiger partial charge in [-0.3, -0.25) is 0 Å². The Hall–Kier alpha value is -1.55. The highest BCUT2D eigenvalue weighted by molar-refractivity contribution is 5.75. The Morgan fingerprint density at radius 1 is 1.10 bits per heavy atom. The van der Waals surface area contributed by atoms with E-state index >= 15 is 0 Å². The first-order valence-corrected chi connectivity index (χ1v) is 7.66. The smallest absolute Gasteiger partial charge is 0.310 e. The minimum atomic E-state index is -0.145. The number of rotatable bonds is 8. The van der Waals surface area contributed by atoms with Gasteiger partial charge in [-0.25, -0.2) is 4.79 Å². The van der Waals surface area contributed by atoms with Crippen LogP contribution < -0.4 is 11.0 Å². The third-order valence-corrected chi connectivity index (χ3v) is 3.77. The highest BCUT2D eigenvalue weighted by Gasteiger charge is 2.06. The Labute approximate surface area is 120 Å². The van der Waals surface area contributed by atoms with Gasteiger partial charge < -0.3 is 15.3 Å². The normalized spacial score (nSPS) is 12.9. The number of hydrogen-bond acceptors (Lipinski definition) is 2. The van der Waals surface area contributed by atoms with Crippen LogP contribution in [0.1, 0.15) is 57.6 Å². The summed E-state index contributed by atoms with van der Waals surface area (Å²) in [6.07, 6.45) is 6.50. The van der Waals surface area contributed by atoms with E-state index in [0.29, 0.717) is 6.04 Å². The molecule has 0 fully saturated rings. The van der Waals surface area contributed by atoms with Gasteiger partial charge in [0.1, 0.15) is 0 Å². The van der Waals surface area contributed by atoms with E-state index < -0.39 is 0 Å². The first kappa shape index (κ1) is 14.9. The second-order valence-corrected chi connectivity index (χ2v) is 5.47. The molecule has 3 N–H and O–H groups in total. The number of benzene rings is 1. The van der Waals surface area contributed by atoms with Crippen molar-refractivity contribution in [2.24, 2.45) is 0 Å². The van der Waals surface area contributed by atoms with E-state index in [2.05, 4.69) is 35.2 Å². The second kappa shape index (κ2) is 7.29. The summed E-state index contributed by atoms with van der Waals surface area (Å²) in [5.74, 6) is 0. The summed E-state index contributed by atoms with van der Waals surface area (Å²) in [7, 11) is 0. The van der Waals surface area contributed by atoms with E-state index in [-0.39, 0.29) is 5.69 Å². The van der Waals surface area contributed by atoms with Crippen LogP contribution >= 0.6 is 0 Å². The van der Waals surface area contributed by atoms with Gasteiger partial charge in [0.15, 0.2) is 0 Å². The predicted octanol–water partition coefficient (Wildman–Crippen LogP) is 3.48. The molecule has 1 aromatic heterocycles. The highest BCUT2D eigenvalue weighted by Crippen LogP contribution is 2.17. The molecule has 0 aliphatic rings. The fourth-order valence-corrected chi connectivity index (χ4v) is 2.48. The molecule has 0 saturated heterocycles. The fraction of sp³-hybridized carbons (Fsp3) is 0.562. The molecule has 20 heavy (non-hydrogen) atoms. The summed E-state index contributed by atoms with van der Waals surface area (Å²) in [4.78, 5) is 16.8. The monoisotopic (exact) mass is 275 g/mol. The number of H-pyrrole nitrogens is 2. The summed E-state index contributed by atoms with van der Waals surface area (Å²) < 4.78 is 0. The Bertz CT molecular complexity index is 585.